The second-order valence-electron chi connectivity index (χ2n) is 4.66. The Hall–Kier alpha value is -1.52. The Morgan fingerprint density at radius 1 is 1.29 bits per heavy atom. The Bertz CT molecular complexity index is 662. The Balaban J connectivity index is 2.04. The zero-order valence-electron chi connectivity index (χ0n) is 11.7. The number of hydrogen-bond donors (Lipinski definition) is 1. The van der Waals surface area contributed by atoms with E-state index in [1.54, 1.807) is 32.0 Å². The third kappa shape index (κ3) is 4.22. The van der Waals surface area contributed by atoms with Crippen molar-refractivity contribution in [3.8, 4) is 0 Å². The van der Waals surface area contributed by atoms with E-state index in [1.807, 2.05) is 18.2 Å². The van der Waals surface area contributed by atoms with Crippen LogP contribution in [0.3, 0.4) is 0 Å². The Kier molecular flexibility index (Phi) is 5.26. The third-order valence-corrected chi connectivity index (χ3v) is 4.51. The molecule has 110 valence electrons. The van der Waals surface area contributed by atoms with Crippen LogP contribution in [0.4, 0.5) is 10.1 Å². The topological polar surface area (TPSA) is 29.1 Å². The Morgan fingerprint density at radius 2 is 2.00 bits per heavy atom. The smallest absolute Gasteiger partial charge is 0.237 e. The van der Waals surface area contributed by atoms with Gasteiger partial charge in [0.05, 0.1) is 16.0 Å². The van der Waals surface area contributed by atoms with Crippen LogP contribution in [0.25, 0.3) is 0 Å². The van der Waals surface area contributed by atoms with Gasteiger partial charge in [0.25, 0.3) is 0 Å². The maximum atomic E-state index is 13.7. The number of anilines is 1. The number of benzene rings is 2. The van der Waals surface area contributed by atoms with Crippen molar-refractivity contribution in [1.82, 2.24) is 0 Å². The summed E-state index contributed by atoms with van der Waals surface area (Å²) in [6.45, 7) is 3.56. The first-order valence-corrected chi connectivity index (χ1v) is 7.71. The SMILES string of the molecule is Cc1ccc(NC(=O)C(C)Sc2ccccc2Cl)c(F)c1. The second-order valence-corrected chi connectivity index (χ2v) is 6.45. The van der Waals surface area contributed by atoms with Gasteiger partial charge < -0.3 is 5.32 Å². The molecule has 2 aromatic rings. The van der Waals surface area contributed by atoms with E-state index in [9.17, 15) is 9.18 Å². The highest BCUT2D eigenvalue weighted by Gasteiger charge is 2.17. The number of rotatable bonds is 4. The summed E-state index contributed by atoms with van der Waals surface area (Å²) in [5, 5.41) is 2.82. The lowest BCUT2D eigenvalue weighted by Gasteiger charge is -2.13. The summed E-state index contributed by atoms with van der Waals surface area (Å²) in [6.07, 6.45) is 0. The minimum Gasteiger partial charge on any atom is -0.323 e. The summed E-state index contributed by atoms with van der Waals surface area (Å²) in [4.78, 5) is 12.9. The van der Waals surface area contributed by atoms with E-state index in [-0.39, 0.29) is 16.8 Å². The molecule has 1 amide bonds. The van der Waals surface area contributed by atoms with Gasteiger partial charge in [-0.3, -0.25) is 4.79 Å². The first-order valence-electron chi connectivity index (χ1n) is 6.45. The van der Waals surface area contributed by atoms with E-state index < -0.39 is 5.82 Å². The predicted octanol–water partition coefficient (Wildman–Crippen LogP) is 4.91. The van der Waals surface area contributed by atoms with Crippen LogP contribution in [-0.2, 0) is 4.79 Å². The van der Waals surface area contributed by atoms with Gasteiger partial charge in [-0.05, 0) is 43.7 Å². The van der Waals surface area contributed by atoms with E-state index in [0.717, 1.165) is 10.5 Å². The van der Waals surface area contributed by atoms with Crippen molar-refractivity contribution in [2.75, 3.05) is 5.32 Å². The van der Waals surface area contributed by atoms with Crippen LogP contribution in [0.15, 0.2) is 47.4 Å². The molecule has 1 unspecified atom stereocenters. The van der Waals surface area contributed by atoms with Crippen LogP contribution in [0, 0.1) is 12.7 Å². The minimum absolute atomic E-state index is 0.192. The monoisotopic (exact) mass is 323 g/mol. The van der Waals surface area contributed by atoms with Gasteiger partial charge in [0.1, 0.15) is 5.82 Å². The first-order chi connectivity index (χ1) is 9.97. The molecule has 0 spiro atoms. The number of aryl methyl sites for hydroxylation is 1. The van der Waals surface area contributed by atoms with Gasteiger partial charge in [0.15, 0.2) is 0 Å². The lowest BCUT2D eigenvalue weighted by molar-refractivity contribution is -0.115. The quantitative estimate of drug-likeness (QED) is 0.810. The maximum Gasteiger partial charge on any atom is 0.237 e. The van der Waals surface area contributed by atoms with Crippen LogP contribution < -0.4 is 5.32 Å². The molecule has 2 aromatic carbocycles. The van der Waals surface area contributed by atoms with E-state index in [0.29, 0.717) is 5.02 Å². The number of amides is 1. The number of nitrogens with one attached hydrogen (secondary N) is 1. The van der Waals surface area contributed by atoms with Gasteiger partial charge >= 0.3 is 0 Å². The van der Waals surface area contributed by atoms with Gasteiger partial charge in [-0.25, -0.2) is 4.39 Å². The van der Waals surface area contributed by atoms with E-state index >= 15 is 0 Å². The van der Waals surface area contributed by atoms with Gasteiger partial charge in [0.2, 0.25) is 5.91 Å². The van der Waals surface area contributed by atoms with Gasteiger partial charge in [-0.2, -0.15) is 0 Å². The normalized spacial score (nSPS) is 12.0. The molecule has 0 aliphatic heterocycles. The standard InChI is InChI=1S/C16H15ClFNOS/c1-10-7-8-14(13(18)9-10)19-16(20)11(2)21-15-6-4-3-5-12(15)17/h3-9,11H,1-2H3,(H,19,20). The van der Waals surface area contributed by atoms with Crippen LogP contribution in [0.1, 0.15) is 12.5 Å². The fourth-order valence-corrected chi connectivity index (χ4v) is 2.89. The number of carbonyl (C=O) groups excluding carboxylic acids is 1. The van der Waals surface area contributed by atoms with Crippen molar-refractivity contribution in [3.63, 3.8) is 0 Å². The van der Waals surface area contributed by atoms with Gasteiger partial charge in [0, 0.05) is 4.90 Å². The van der Waals surface area contributed by atoms with Gasteiger partial charge in [-0.15, -0.1) is 11.8 Å². The van der Waals surface area contributed by atoms with E-state index in [4.69, 9.17) is 11.6 Å². The molecule has 2 nitrogen and oxygen atoms in total. The molecule has 21 heavy (non-hydrogen) atoms. The van der Waals surface area contributed by atoms with Crippen LogP contribution in [-0.4, -0.2) is 11.2 Å². The predicted molar refractivity (Wildman–Crippen MR) is 86.5 cm³/mol. The van der Waals surface area contributed by atoms with Crippen molar-refractivity contribution < 1.29 is 9.18 Å². The molecule has 0 saturated heterocycles. The van der Waals surface area contributed by atoms with E-state index in [2.05, 4.69) is 5.32 Å². The molecule has 0 aromatic heterocycles. The molecule has 0 heterocycles. The fourth-order valence-electron chi connectivity index (χ4n) is 1.74. The summed E-state index contributed by atoms with van der Waals surface area (Å²) in [7, 11) is 0. The molecule has 2 rings (SSSR count). The lowest BCUT2D eigenvalue weighted by atomic mass is 10.2. The lowest BCUT2D eigenvalue weighted by Crippen LogP contribution is -2.23. The molecule has 1 atom stereocenters. The van der Waals surface area contributed by atoms with Crippen molar-refractivity contribution in [2.24, 2.45) is 0 Å². The highest BCUT2D eigenvalue weighted by Crippen LogP contribution is 2.30. The van der Waals surface area contributed by atoms with Crippen molar-refractivity contribution in [1.29, 1.82) is 0 Å². The Morgan fingerprint density at radius 3 is 2.67 bits per heavy atom. The van der Waals surface area contributed by atoms with Gasteiger partial charge in [-0.1, -0.05) is 29.8 Å². The molecule has 5 heteroatoms. The molecular formula is C16H15ClFNOS. The maximum absolute atomic E-state index is 13.7. The molecular weight excluding hydrogens is 309 g/mol. The number of thioether (sulfide) groups is 1. The van der Waals surface area contributed by atoms with Crippen LogP contribution in [0.2, 0.25) is 5.02 Å². The average molecular weight is 324 g/mol. The van der Waals surface area contributed by atoms with Crippen LogP contribution >= 0.6 is 23.4 Å². The molecule has 0 fully saturated rings. The highest BCUT2D eigenvalue weighted by molar-refractivity contribution is 8.00. The van der Waals surface area contributed by atoms with Crippen molar-refractivity contribution in [2.45, 2.75) is 24.0 Å². The molecule has 0 radical (unpaired) electrons. The average Bonchev–Trinajstić information content (AvgIpc) is 2.44. The van der Waals surface area contributed by atoms with E-state index in [1.165, 1.54) is 17.8 Å². The minimum atomic E-state index is -0.432. The molecule has 0 bridgehead atoms. The zero-order valence-corrected chi connectivity index (χ0v) is 13.3. The highest BCUT2D eigenvalue weighted by atomic mass is 35.5. The first kappa shape index (κ1) is 15.9. The van der Waals surface area contributed by atoms with Crippen molar-refractivity contribution in [3.05, 3.63) is 58.9 Å². The summed E-state index contributed by atoms with van der Waals surface area (Å²) in [5.41, 5.74) is 1.00. The number of carbonyl (C=O) groups is 1. The molecule has 0 saturated carbocycles. The zero-order chi connectivity index (χ0) is 15.4. The second kappa shape index (κ2) is 6.96. The number of halogens is 2. The summed E-state index contributed by atoms with van der Waals surface area (Å²) >= 11 is 7.40. The fraction of sp³-hybridized carbons (Fsp3) is 0.188. The summed E-state index contributed by atoms with van der Waals surface area (Å²) in [5.74, 6) is -0.694. The molecule has 0 aliphatic carbocycles. The third-order valence-electron chi connectivity index (χ3n) is 2.89. The largest absolute Gasteiger partial charge is 0.323 e. The number of hydrogen-bond acceptors (Lipinski definition) is 2. The Labute approximate surface area is 132 Å². The van der Waals surface area contributed by atoms with Crippen LogP contribution in [0.5, 0.6) is 0 Å². The summed E-state index contributed by atoms with van der Waals surface area (Å²) < 4.78 is 13.7. The van der Waals surface area contributed by atoms with Crippen molar-refractivity contribution >= 4 is 35.0 Å². The summed E-state index contributed by atoms with van der Waals surface area (Å²) in [6, 6.07) is 12.0. The molecule has 1 N–H and O–H groups in total. The molecule has 0 aliphatic rings.